The van der Waals surface area contributed by atoms with Crippen LogP contribution in [0.15, 0.2) is 30.3 Å². The van der Waals surface area contributed by atoms with Crippen molar-refractivity contribution in [3.8, 4) is 0 Å². The minimum Gasteiger partial charge on any atom is -0.480 e. The second kappa shape index (κ2) is 16.1. The molecule has 0 aliphatic carbocycles. The molecule has 0 aromatic heterocycles. The molecule has 12 nitrogen and oxygen atoms in total. The molecule has 0 atom stereocenters. The Morgan fingerprint density at radius 1 is 0.667 bits per heavy atom. The van der Waals surface area contributed by atoms with Crippen molar-refractivity contribution in [2.45, 2.75) is 33.0 Å². The first-order valence-corrected chi connectivity index (χ1v) is 13.1. The Balaban J connectivity index is 2.12. The lowest BCUT2D eigenvalue weighted by Crippen LogP contribution is -2.49. The van der Waals surface area contributed by atoms with Crippen LogP contribution in [0.5, 0.6) is 0 Å². The van der Waals surface area contributed by atoms with Gasteiger partial charge in [-0.3, -0.25) is 38.8 Å². The van der Waals surface area contributed by atoms with Crippen LogP contribution in [0.2, 0.25) is 0 Å². The van der Waals surface area contributed by atoms with Crippen molar-refractivity contribution in [3.05, 3.63) is 35.9 Å². The van der Waals surface area contributed by atoms with Crippen LogP contribution in [-0.4, -0.2) is 138 Å². The Bertz CT molecular complexity index is 937. The molecule has 1 aromatic carbocycles. The maximum atomic E-state index is 12.7. The number of nitrogens with zero attached hydrogens (tertiary/aromatic N) is 4. The van der Waals surface area contributed by atoms with Crippen LogP contribution in [0.4, 0.5) is 0 Å². The number of hydrogen-bond acceptors (Lipinski definition) is 10. The summed E-state index contributed by atoms with van der Waals surface area (Å²) in [6.07, 6.45) is 0. The predicted molar refractivity (Wildman–Crippen MR) is 143 cm³/mol. The quantitative estimate of drug-likeness (QED) is 0.391. The summed E-state index contributed by atoms with van der Waals surface area (Å²) >= 11 is 0. The van der Waals surface area contributed by atoms with Crippen molar-refractivity contribution in [2.75, 3.05) is 78.5 Å². The third-order valence-electron chi connectivity index (χ3n) is 6.02. The van der Waals surface area contributed by atoms with Crippen molar-refractivity contribution >= 4 is 23.9 Å². The molecule has 1 saturated heterocycles. The number of carbonyl (C=O) groups is 4. The van der Waals surface area contributed by atoms with E-state index in [9.17, 15) is 29.4 Å². The number of carbonyl (C=O) groups excluding carboxylic acids is 2. The minimum absolute atomic E-state index is 0.0131. The molecule has 2 N–H and O–H groups in total. The number of hydrogen-bond donors (Lipinski definition) is 2. The summed E-state index contributed by atoms with van der Waals surface area (Å²) in [5.74, 6) is -2.75. The number of carboxylic acids is 2. The Kier molecular flexibility index (Phi) is 13.3. The maximum Gasteiger partial charge on any atom is 0.320 e. The third kappa shape index (κ3) is 14.6. The van der Waals surface area contributed by atoms with Crippen molar-refractivity contribution in [2.24, 2.45) is 0 Å². The molecule has 0 amide bonds. The van der Waals surface area contributed by atoms with Crippen LogP contribution in [-0.2, 0) is 35.3 Å². The van der Waals surface area contributed by atoms with Gasteiger partial charge in [0.15, 0.2) is 0 Å². The lowest BCUT2D eigenvalue weighted by atomic mass is 10.2. The van der Waals surface area contributed by atoms with Gasteiger partial charge in [0.05, 0.1) is 26.2 Å². The normalized spacial score (nSPS) is 17.5. The average molecular weight is 551 g/mol. The van der Waals surface area contributed by atoms with Gasteiger partial charge >= 0.3 is 23.9 Å². The smallest absolute Gasteiger partial charge is 0.320 e. The molecule has 39 heavy (non-hydrogen) atoms. The number of ether oxygens (including phenoxy) is 2. The van der Waals surface area contributed by atoms with Gasteiger partial charge in [0.1, 0.15) is 12.2 Å². The molecule has 0 radical (unpaired) electrons. The molecule has 0 bridgehead atoms. The molecule has 1 aliphatic heterocycles. The standard InChI is InChI=1S/C27H42N4O8/c1-27(2,3)39-26(37)20-31-14-12-29(18-24(34)35)10-9-28(17-23(32)33)11-13-30(15-16-31)19-25(36)38-21-22-7-5-4-6-8-22/h4-8H,9-21H2,1-3H3,(H,32,33)(H,34,35). The first-order chi connectivity index (χ1) is 18.4. The van der Waals surface area contributed by atoms with E-state index in [1.807, 2.05) is 40.1 Å². The van der Waals surface area contributed by atoms with Crippen molar-refractivity contribution in [3.63, 3.8) is 0 Å². The fourth-order valence-electron chi connectivity index (χ4n) is 4.12. The van der Waals surface area contributed by atoms with Crippen LogP contribution < -0.4 is 0 Å². The minimum atomic E-state index is -0.982. The van der Waals surface area contributed by atoms with E-state index in [0.717, 1.165) is 5.56 Å². The Labute approximate surface area is 230 Å². The molecule has 0 saturated carbocycles. The van der Waals surface area contributed by atoms with Gasteiger partial charge in [-0.15, -0.1) is 0 Å². The van der Waals surface area contributed by atoms with Crippen molar-refractivity contribution < 1.29 is 38.9 Å². The van der Waals surface area contributed by atoms with Crippen LogP contribution in [0, 0.1) is 0 Å². The summed E-state index contributed by atoms with van der Waals surface area (Å²) in [6.45, 7) is 8.25. The predicted octanol–water partition coefficient (Wildman–Crippen LogP) is 0.462. The number of esters is 2. The van der Waals surface area contributed by atoms with E-state index in [1.165, 1.54) is 0 Å². The third-order valence-corrected chi connectivity index (χ3v) is 6.02. The van der Waals surface area contributed by atoms with E-state index in [-0.39, 0.29) is 38.8 Å². The Hall–Kier alpha value is -3.06. The molecule has 1 aliphatic rings. The molecule has 2 rings (SSSR count). The number of benzene rings is 1. The van der Waals surface area contributed by atoms with Gasteiger partial charge in [-0.25, -0.2) is 0 Å². The topological polar surface area (TPSA) is 140 Å². The van der Waals surface area contributed by atoms with Gasteiger partial charge in [0.2, 0.25) is 0 Å². The summed E-state index contributed by atoms with van der Waals surface area (Å²) in [7, 11) is 0. The number of aliphatic carboxylic acids is 2. The molecule has 0 unspecified atom stereocenters. The molecule has 0 spiro atoms. The molecular formula is C27H42N4O8. The highest BCUT2D eigenvalue weighted by Gasteiger charge is 2.23. The van der Waals surface area contributed by atoms with E-state index < -0.39 is 23.5 Å². The zero-order valence-corrected chi connectivity index (χ0v) is 23.2. The van der Waals surface area contributed by atoms with E-state index >= 15 is 0 Å². The number of rotatable bonds is 10. The summed E-state index contributed by atoms with van der Waals surface area (Å²) in [4.78, 5) is 55.3. The number of carboxylic acid groups (broad SMARTS) is 2. The molecular weight excluding hydrogens is 508 g/mol. The van der Waals surface area contributed by atoms with Crippen LogP contribution in [0.1, 0.15) is 26.3 Å². The van der Waals surface area contributed by atoms with Gasteiger partial charge < -0.3 is 19.7 Å². The second-order valence-electron chi connectivity index (χ2n) is 10.6. The zero-order valence-electron chi connectivity index (χ0n) is 23.2. The zero-order chi connectivity index (χ0) is 28.8. The van der Waals surface area contributed by atoms with Gasteiger partial charge in [-0.1, -0.05) is 30.3 Å². The Morgan fingerprint density at radius 3 is 1.44 bits per heavy atom. The largest absolute Gasteiger partial charge is 0.480 e. The van der Waals surface area contributed by atoms with E-state index in [4.69, 9.17) is 9.47 Å². The van der Waals surface area contributed by atoms with E-state index in [2.05, 4.69) is 0 Å². The highest BCUT2D eigenvalue weighted by atomic mass is 16.6. The average Bonchev–Trinajstić information content (AvgIpc) is 2.83. The summed E-state index contributed by atoms with van der Waals surface area (Å²) in [5, 5.41) is 18.7. The Morgan fingerprint density at radius 2 is 1.05 bits per heavy atom. The van der Waals surface area contributed by atoms with Crippen LogP contribution in [0.25, 0.3) is 0 Å². The van der Waals surface area contributed by atoms with Crippen LogP contribution in [0.3, 0.4) is 0 Å². The molecule has 1 heterocycles. The summed E-state index contributed by atoms with van der Waals surface area (Å²) in [5.41, 5.74) is 0.239. The fourth-order valence-corrected chi connectivity index (χ4v) is 4.12. The van der Waals surface area contributed by atoms with Crippen molar-refractivity contribution in [1.29, 1.82) is 0 Å². The summed E-state index contributed by atoms with van der Waals surface area (Å²) < 4.78 is 10.9. The molecule has 1 fully saturated rings. The van der Waals surface area contributed by atoms with Gasteiger partial charge in [-0.2, -0.15) is 0 Å². The van der Waals surface area contributed by atoms with E-state index in [0.29, 0.717) is 52.4 Å². The monoisotopic (exact) mass is 550 g/mol. The summed E-state index contributed by atoms with van der Waals surface area (Å²) in [6, 6.07) is 9.36. The molecule has 218 valence electrons. The highest BCUT2D eigenvalue weighted by Crippen LogP contribution is 2.09. The van der Waals surface area contributed by atoms with Gasteiger partial charge in [-0.05, 0) is 26.3 Å². The second-order valence-corrected chi connectivity index (χ2v) is 10.6. The fraction of sp³-hybridized carbons (Fsp3) is 0.630. The molecule has 12 heteroatoms. The maximum absolute atomic E-state index is 12.7. The first-order valence-electron chi connectivity index (χ1n) is 13.1. The van der Waals surface area contributed by atoms with Crippen molar-refractivity contribution in [1.82, 2.24) is 19.6 Å². The van der Waals surface area contributed by atoms with Gasteiger partial charge in [0.25, 0.3) is 0 Å². The SMILES string of the molecule is CC(C)(C)OC(=O)CN1CCN(CC(=O)O)CCN(CC(=O)O)CCN(CC(=O)OCc2ccccc2)CC1. The first kappa shape index (κ1) is 32.2. The highest BCUT2D eigenvalue weighted by molar-refractivity contribution is 5.72. The van der Waals surface area contributed by atoms with E-state index in [1.54, 1.807) is 30.6 Å². The van der Waals surface area contributed by atoms with Crippen LogP contribution >= 0.6 is 0 Å². The lowest BCUT2D eigenvalue weighted by molar-refractivity contribution is -0.156. The lowest BCUT2D eigenvalue weighted by Gasteiger charge is -2.33. The molecule has 1 aromatic rings. The van der Waals surface area contributed by atoms with Gasteiger partial charge in [0, 0.05) is 52.4 Å².